The first kappa shape index (κ1) is 18.0. The van der Waals surface area contributed by atoms with Crippen LogP contribution in [0.4, 0.5) is 0 Å². The molecule has 6 nitrogen and oxygen atoms in total. The lowest BCUT2D eigenvalue weighted by atomic mass is 9.98. The van der Waals surface area contributed by atoms with Crippen molar-refractivity contribution in [3.05, 3.63) is 83.7 Å². The molecule has 3 aromatic rings. The summed E-state index contributed by atoms with van der Waals surface area (Å²) in [5, 5.41) is 13.2. The Kier molecular flexibility index (Phi) is 4.93. The monoisotopic (exact) mass is 375 g/mol. The highest BCUT2D eigenvalue weighted by Gasteiger charge is 2.27. The minimum Gasteiger partial charge on any atom is -0.478 e. The lowest BCUT2D eigenvalue weighted by molar-refractivity contribution is 0.0696. The van der Waals surface area contributed by atoms with Crippen molar-refractivity contribution < 1.29 is 14.7 Å². The van der Waals surface area contributed by atoms with E-state index in [0.717, 1.165) is 30.6 Å². The summed E-state index contributed by atoms with van der Waals surface area (Å²) in [5.41, 5.74) is 2.93. The van der Waals surface area contributed by atoms with Gasteiger partial charge in [0.25, 0.3) is 5.91 Å². The van der Waals surface area contributed by atoms with E-state index in [0.29, 0.717) is 23.6 Å². The molecule has 1 saturated heterocycles. The molecule has 0 saturated carbocycles. The second-order valence-electron chi connectivity index (χ2n) is 7.11. The molecule has 1 N–H and O–H groups in total. The van der Waals surface area contributed by atoms with E-state index in [1.54, 1.807) is 23.0 Å². The number of aromatic carboxylic acids is 1. The van der Waals surface area contributed by atoms with Gasteiger partial charge in [-0.05, 0) is 60.7 Å². The number of carbonyl (C=O) groups excluding carboxylic acids is 1. The van der Waals surface area contributed by atoms with Crippen LogP contribution < -0.4 is 0 Å². The maximum Gasteiger partial charge on any atom is 0.335 e. The van der Waals surface area contributed by atoms with E-state index in [4.69, 9.17) is 5.11 Å². The topological polar surface area (TPSA) is 75.4 Å². The Morgan fingerprint density at radius 3 is 2.61 bits per heavy atom. The van der Waals surface area contributed by atoms with Crippen molar-refractivity contribution in [1.82, 2.24) is 14.7 Å². The number of aromatic nitrogens is 2. The molecule has 142 valence electrons. The lowest BCUT2D eigenvalue weighted by Gasteiger charge is -2.17. The van der Waals surface area contributed by atoms with E-state index in [-0.39, 0.29) is 5.91 Å². The molecular weight excluding hydrogens is 354 g/mol. The van der Waals surface area contributed by atoms with Gasteiger partial charge < -0.3 is 10.0 Å². The normalized spacial score (nSPS) is 16.3. The van der Waals surface area contributed by atoms with Crippen LogP contribution in [0.25, 0.3) is 5.69 Å². The molecule has 0 radical (unpaired) electrons. The quantitative estimate of drug-likeness (QED) is 0.743. The third-order valence-corrected chi connectivity index (χ3v) is 5.16. The van der Waals surface area contributed by atoms with Crippen LogP contribution in [0, 0.1) is 5.92 Å². The maximum absolute atomic E-state index is 12.9. The Morgan fingerprint density at radius 1 is 1.07 bits per heavy atom. The Hall–Kier alpha value is -3.41. The number of benzene rings is 2. The molecule has 1 aliphatic heterocycles. The van der Waals surface area contributed by atoms with Crippen molar-refractivity contribution in [2.45, 2.75) is 12.8 Å². The summed E-state index contributed by atoms with van der Waals surface area (Å²) in [6.07, 6.45) is 5.36. The van der Waals surface area contributed by atoms with Crippen LogP contribution in [-0.2, 0) is 6.42 Å². The van der Waals surface area contributed by atoms with E-state index in [1.807, 2.05) is 53.6 Å². The van der Waals surface area contributed by atoms with Crippen LogP contribution >= 0.6 is 0 Å². The minimum absolute atomic E-state index is 0.0396. The van der Waals surface area contributed by atoms with Crippen LogP contribution in [0.1, 0.15) is 32.7 Å². The van der Waals surface area contributed by atoms with E-state index < -0.39 is 5.97 Å². The van der Waals surface area contributed by atoms with Gasteiger partial charge in [0.15, 0.2) is 0 Å². The summed E-state index contributed by atoms with van der Waals surface area (Å²) >= 11 is 0. The van der Waals surface area contributed by atoms with Crippen molar-refractivity contribution >= 4 is 11.9 Å². The average molecular weight is 375 g/mol. The van der Waals surface area contributed by atoms with Crippen molar-refractivity contribution in [1.29, 1.82) is 0 Å². The molecule has 4 rings (SSSR count). The summed E-state index contributed by atoms with van der Waals surface area (Å²) < 4.78 is 1.74. The second-order valence-corrected chi connectivity index (χ2v) is 7.11. The highest BCUT2D eigenvalue weighted by atomic mass is 16.4. The molecule has 1 amide bonds. The number of carboxylic acids is 1. The second kappa shape index (κ2) is 7.68. The lowest BCUT2D eigenvalue weighted by Crippen LogP contribution is -2.29. The Bertz CT molecular complexity index is 981. The molecule has 1 aliphatic rings. The predicted molar refractivity (Wildman–Crippen MR) is 105 cm³/mol. The summed E-state index contributed by atoms with van der Waals surface area (Å²) in [7, 11) is 0. The van der Waals surface area contributed by atoms with Crippen molar-refractivity contribution in [3.8, 4) is 5.69 Å². The average Bonchev–Trinajstić information content (AvgIpc) is 3.40. The zero-order valence-corrected chi connectivity index (χ0v) is 15.4. The van der Waals surface area contributed by atoms with Crippen LogP contribution in [-0.4, -0.2) is 44.8 Å². The Balaban J connectivity index is 1.40. The number of carbonyl (C=O) groups is 2. The summed E-state index contributed by atoms with van der Waals surface area (Å²) in [6.45, 7) is 1.45. The van der Waals surface area contributed by atoms with Crippen molar-refractivity contribution in [2.24, 2.45) is 5.92 Å². The van der Waals surface area contributed by atoms with Gasteiger partial charge >= 0.3 is 5.97 Å². The summed E-state index contributed by atoms with van der Waals surface area (Å²) in [5.74, 6) is -0.492. The van der Waals surface area contributed by atoms with Crippen LogP contribution in [0.15, 0.2) is 67.0 Å². The van der Waals surface area contributed by atoms with E-state index in [2.05, 4.69) is 5.10 Å². The highest BCUT2D eigenvalue weighted by Crippen LogP contribution is 2.23. The van der Waals surface area contributed by atoms with Crippen LogP contribution in [0.3, 0.4) is 0 Å². The molecule has 0 aliphatic carbocycles. The molecular formula is C22H21N3O3. The van der Waals surface area contributed by atoms with E-state index >= 15 is 0 Å². The molecule has 1 fully saturated rings. The first-order chi connectivity index (χ1) is 13.6. The van der Waals surface area contributed by atoms with Crippen molar-refractivity contribution in [3.63, 3.8) is 0 Å². The molecule has 0 bridgehead atoms. The predicted octanol–water partition coefficient (Wildman–Crippen LogP) is 3.28. The zero-order chi connectivity index (χ0) is 19.5. The van der Waals surface area contributed by atoms with Gasteiger partial charge in [-0.25, -0.2) is 9.48 Å². The molecule has 1 aromatic heterocycles. The fourth-order valence-corrected chi connectivity index (χ4v) is 3.69. The zero-order valence-electron chi connectivity index (χ0n) is 15.4. The van der Waals surface area contributed by atoms with Gasteiger partial charge in [0.05, 0.1) is 11.3 Å². The number of carboxylic acid groups (broad SMARTS) is 1. The number of rotatable bonds is 5. The van der Waals surface area contributed by atoms with Gasteiger partial charge in [0, 0.05) is 31.0 Å². The summed E-state index contributed by atoms with van der Waals surface area (Å²) in [6, 6.07) is 16.4. The molecule has 28 heavy (non-hydrogen) atoms. The Morgan fingerprint density at radius 2 is 1.89 bits per heavy atom. The molecule has 0 spiro atoms. The SMILES string of the molecule is O=C(O)c1ccc(C[C@H]2CCN(C(=O)c3cccc(-n4cccn4)c3)C2)cc1. The fourth-order valence-electron chi connectivity index (χ4n) is 3.69. The van der Waals surface area contributed by atoms with Gasteiger partial charge in [0.2, 0.25) is 0 Å². The molecule has 2 aromatic carbocycles. The molecule has 1 atom stereocenters. The standard InChI is InChI=1S/C22H21N3O3/c26-21(19-3-1-4-20(14-19)25-11-2-10-23-25)24-12-9-17(15-24)13-16-5-7-18(8-6-16)22(27)28/h1-8,10-11,14,17H,9,12-13,15H2,(H,27,28)/t17-/m1/s1. The molecule has 6 heteroatoms. The first-order valence-corrected chi connectivity index (χ1v) is 9.32. The number of amides is 1. The van der Waals surface area contributed by atoms with Crippen LogP contribution in [0.2, 0.25) is 0 Å². The minimum atomic E-state index is -0.915. The number of likely N-dealkylation sites (tertiary alicyclic amines) is 1. The number of hydrogen-bond acceptors (Lipinski definition) is 3. The highest BCUT2D eigenvalue weighted by molar-refractivity contribution is 5.95. The van der Waals surface area contributed by atoms with E-state index in [9.17, 15) is 9.59 Å². The number of nitrogens with zero attached hydrogens (tertiary/aromatic N) is 3. The van der Waals surface area contributed by atoms with Gasteiger partial charge in [-0.1, -0.05) is 18.2 Å². The maximum atomic E-state index is 12.9. The largest absolute Gasteiger partial charge is 0.478 e. The third kappa shape index (κ3) is 3.81. The smallest absolute Gasteiger partial charge is 0.335 e. The Labute approximate surface area is 163 Å². The van der Waals surface area contributed by atoms with Gasteiger partial charge in [-0.3, -0.25) is 4.79 Å². The fraction of sp³-hybridized carbons (Fsp3) is 0.227. The van der Waals surface area contributed by atoms with Gasteiger partial charge in [0.1, 0.15) is 0 Å². The third-order valence-electron chi connectivity index (χ3n) is 5.16. The van der Waals surface area contributed by atoms with Crippen molar-refractivity contribution in [2.75, 3.05) is 13.1 Å². The van der Waals surface area contributed by atoms with Gasteiger partial charge in [-0.2, -0.15) is 5.10 Å². The van der Waals surface area contributed by atoms with E-state index in [1.165, 1.54) is 0 Å². The first-order valence-electron chi connectivity index (χ1n) is 9.32. The summed E-state index contributed by atoms with van der Waals surface area (Å²) in [4.78, 5) is 25.8. The molecule has 2 heterocycles. The number of hydrogen-bond donors (Lipinski definition) is 1. The van der Waals surface area contributed by atoms with Crippen LogP contribution in [0.5, 0.6) is 0 Å². The molecule has 0 unspecified atom stereocenters. The van der Waals surface area contributed by atoms with Gasteiger partial charge in [-0.15, -0.1) is 0 Å².